The zero-order valence-corrected chi connectivity index (χ0v) is 13.0. The molecule has 21 heavy (non-hydrogen) atoms. The molecule has 6 heteroatoms. The Labute approximate surface area is 128 Å². The summed E-state index contributed by atoms with van der Waals surface area (Å²) in [6.07, 6.45) is 2.40. The number of hydrogen-bond donors (Lipinski definition) is 2. The normalized spacial score (nSPS) is 17.7. The maximum absolute atomic E-state index is 12.1. The molecule has 0 saturated carbocycles. The van der Waals surface area contributed by atoms with Crippen LogP contribution in [-0.2, 0) is 16.0 Å². The lowest BCUT2D eigenvalue weighted by atomic mass is 9.91. The first-order valence-electron chi connectivity index (χ1n) is 7.19. The molecule has 0 radical (unpaired) electrons. The zero-order chi connectivity index (χ0) is 15.5. The molecular formula is C15H21NO4S. The van der Waals surface area contributed by atoms with Crippen molar-refractivity contribution in [2.75, 3.05) is 13.1 Å². The van der Waals surface area contributed by atoms with E-state index in [9.17, 15) is 14.7 Å². The van der Waals surface area contributed by atoms with E-state index in [2.05, 4.69) is 19.1 Å². The third-order valence-corrected chi connectivity index (χ3v) is 5.01. The fourth-order valence-electron chi connectivity index (χ4n) is 2.53. The number of carbonyl (C=O) groups is 2. The molecule has 116 valence electrons. The molecule has 0 atom stereocenters. The van der Waals surface area contributed by atoms with E-state index >= 15 is 0 Å². The third-order valence-electron chi connectivity index (χ3n) is 3.95. The number of aliphatic carboxylic acids is 1. The first-order chi connectivity index (χ1) is 9.90. The van der Waals surface area contributed by atoms with Crippen LogP contribution in [0.5, 0.6) is 0 Å². The van der Waals surface area contributed by atoms with E-state index in [4.69, 9.17) is 5.11 Å². The van der Waals surface area contributed by atoms with Crippen molar-refractivity contribution in [3.63, 3.8) is 0 Å². The number of aliphatic hydroxyl groups is 1. The summed E-state index contributed by atoms with van der Waals surface area (Å²) in [6.45, 7) is 2.70. The molecule has 1 aliphatic rings. The number of piperidine rings is 1. The topological polar surface area (TPSA) is 77.8 Å². The Morgan fingerprint density at radius 2 is 2.00 bits per heavy atom. The highest BCUT2D eigenvalue weighted by Crippen LogP contribution is 2.23. The van der Waals surface area contributed by atoms with Gasteiger partial charge < -0.3 is 15.1 Å². The van der Waals surface area contributed by atoms with Crippen LogP contribution in [0.1, 0.15) is 35.4 Å². The summed E-state index contributed by atoms with van der Waals surface area (Å²) in [7, 11) is 0. The maximum atomic E-state index is 12.1. The second-order valence-corrected chi connectivity index (χ2v) is 6.96. The van der Waals surface area contributed by atoms with Gasteiger partial charge in [-0.25, -0.2) is 4.79 Å². The van der Waals surface area contributed by atoms with Crippen LogP contribution in [0.25, 0.3) is 0 Å². The number of rotatable bonds is 5. The minimum Gasteiger partial charge on any atom is -0.479 e. The monoisotopic (exact) mass is 311 g/mol. The molecule has 1 saturated heterocycles. The van der Waals surface area contributed by atoms with Crippen molar-refractivity contribution < 1.29 is 19.8 Å². The third kappa shape index (κ3) is 4.04. The maximum Gasteiger partial charge on any atom is 0.335 e. The van der Waals surface area contributed by atoms with E-state index in [0.29, 0.717) is 19.5 Å². The number of aryl methyl sites for hydroxylation is 2. The van der Waals surface area contributed by atoms with Gasteiger partial charge in [0.1, 0.15) is 0 Å². The van der Waals surface area contributed by atoms with E-state index in [0.717, 1.165) is 12.8 Å². The largest absolute Gasteiger partial charge is 0.479 e. The SMILES string of the molecule is Cc1ccc(CCCC(=O)N2CCC(O)(C(=O)O)CC2)s1. The van der Waals surface area contributed by atoms with Crippen LogP contribution in [0.4, 0.5) is 0 Å². The van der Waals surface area contributed by atoms with Gasteiger partial charge in [-0.1, -0.05) is 0 Å². The number of nitrogens with zero attached hydrogens (tertiary/aromatic N) is 1. The van der Waals surface area contributed by atoms with E-state index in [1.165, 1.54) is 9.75 Å². The molecule has 0 aliphatic carbocycles. The Kier molecular flexibility index (Phi) is 5.00. The Morgan fingerprint density at radius 3 is 2.52 bits per heavy atom. The van der Waals surface area contributed by atoms with Crippen LogP contribution in [0.2, 0.25) is 0 Å². The lowest BCUT2D eigenvalue weighted by Gasteiger charge is -2.35. The quantitative estimate of drug-likeness (QED) is 0.869. The number of thiophene rings is 1. The first-order valence-corrected chi connectivity index (χ1v) is 8.01. The summed E-state index contributed by atoms with van der Waals surface area (Å²) in [6, 6.07) is 4.18. The van der Waals surface area contributed by atoms with Gasteiger partial charge in [-0.2, -0.15) is 0 Å². The van der Waals surface area contributed by atoms with Crippen LogP contribution in [0.3, 0.4) is 0 Å². The van der Waals surface area contributed by atoms with Gasteiger partial charge in [-0.05, 0) is 31.9 Å². The highest BCUT2D eigenvalue weighted by atomic mass is 32.1. The molecule has 1 aromatic rings. The van der Waals surface area contributed by atoms with Gasteiger partial charge in [0.25, 0.3) is 0 Å². The molecule has 0 aromatic carbocycles. The van der Waals surface area contributed by atoms with Gasteiger partial charge in [-0.15, -0.1) is 11.3 Å². The van der Waals surface area contributed by atoms with Gasteiger partial charge in [0.05, 0.1) is 0 Å². The van der Waals surface area contributed by atoms with Crippen molar-refractivity contribution in [1.29, 1.82) is 0 Å². The van der Waals surface area contributed by atoms with Crippen LogP contribution in [-0.4, -0.2) is 45.7 Å². The van der Waals surface area contributed by atoms with Crippen LogP contribution in [0, 0.1) is 6.92 Å². The van der Waals surface area contributed by atoms with Crippen molar-refractivity contribution in [2.24, 2.45) is 0 Å². The number of carboxylic acid groups (broad SMARTS) is 1. The summed E-state index contributed by atoms with van der Waals surface area (Å²) in [5, 5.41) is 18.8. The fraction of sp³-hybridized carbons (Fsp3) is 0.600. The molecule has 0 unspecified atom stereocenters. The van der Waals surface area contributed by atoms with Crippen molar-refractivity contribution in [3.8, 4) is 0 Å². The number of amides is 1. The molecule has 2 rings (SSSR count). The summed E-state index contributed by atoms with van der Waals surface area (Å²) >= 11 is 1.75. The minimum absolute atomic E-state index is 0.0516. The number of likely N-dealkylation sites (tertiary alicyclic amines) is 1. The van der Waals surface area contributed by atoms with Gasteiger partial charge in [0, 0.05) is 42.1 Å². The Morgan fingerprint density at radius 1 is 1.33 bits per heavy atom. The van der Waals surface area contributed by atoms with Crippen molar-refractivity contribution in [1.82, 2.24) is 4.90 Å². The smallest absolute Gasteiger partial charge is 0.335 e. The number of carboxylic acids is 1. The molecule has 1 aromatic heterocycles. The molecule has 1 aliphatic heterocycles. The molecule has 2 N–H and O–H groups in total. The van der Waals surface area contributed by atoms with Gasteiger partial charge in [0.15, 0.2) is 5.60 Å². The Bertz CT molecular complexity index is 517. The average Bonchev–Trinajstić information content (AvgIpc) is 2.85. The van der Waals surface area contributed by atoms with E-state index in [1.54, 1.807) is 16.2 Å². The van der Waals surface area contributed by atoms with Gasteiger partial charge in [0.2, 0.25) is 5.91 Å². The molecule has 0 spiro atoms. The number of carbonyl (C=O) groups excluding carboxylic acids is 1. The Hall–Kier alpha value is -1.40. The molecule has 1 fully saturated rings. The van der Waals surface area contributed by atoms with Gasteiger partial charge >= 0.3 is 5.97 Å². The molecule has 0 bridgehead atoms. The standard InChI is InChI=1S/C15H21NO4S/c1-11-5-6-12(21-11)3-2-4-13(17)16-9-7-15(20,8-10-16)14(18)19/h5-6,20H,2-4,7-10H2,1H3,(H,18,19). The predicted octanol–water partition coefficient (Wildman–Crippen LogP) is 1.82. The lowest BCUT2D eigenvalue weighted by Crippen LogP contribution is -2.50. The first kappa shape index (κ1) is 16.0. The number of hydrogen-bond acceptors (Lipinski definition) is 4. The van der Waals surface area contributed by atoms with E-state index < -0.39 is 11.6 Å². The van der Waals surface area contributed by atoms with Crippen molar-refractivity contribution in [3.05, 3.63) is 21.9 Å². The second kappa shape index (κ2) is 6.58. The summed E-state index contributed by atoms with van der Waals surface area (Å²) in [5.41, 5.74) is -1.66. The van der Waals surface area contributed by atoms with Gasteiger partial charge in [-0.3, -0.25) is 4.79 Å². The van der Waals surface area contributed by atoms with Crippen LogP contribution < -0.4 is 0 Å². The highest BCUT2D eigenvalue weighted by Gasteiger charge is 2.40. The zero-order valence-electron chi connectivity index (χ0n) is 12.2. The summed E-state index contributed by atoms with van der Waals surface area (Å²) in [5.74, 6) is -1.14. The van der Waals surface area contributed by atoms with Crippen LogP contribution >= 0.6 is 11.3 Å². The lowest BCUT2D eigenvalue weighted by molar-refractivity contribution is -0.165. The second-order valence-electron chi connectivity index (χ2n) is 5.58. The van der Waals surface area contributed by atoms with E-state index in [1.807, 2.05) is 0 Å². The molecular weight excluding hydrogens is 290 g/mol. The summed E-state index contributed by atoms with van der Waals surface area (Å²) in [4.78, 5) is 27.2. The highest BCUT2D eigenvalue weighted by molar-refractivity contribution is 7.11. The Balaban J connectivity index is 1.74. The minimum atomic E-state index is -1.66. The molecule has 1 amide bonds. The average molecular weight is 311 g/mol. The molecule has 5 nitrogen and oxygen atoms in total. The predicted molar refractivity (Wildman–Crippen MR) is 80.4 cm³/mol. The van der Waals surface area contributed by atoms with Crippen LogP contribution in [0.15, 0.2) is 12.1 Å². The fourth-order valence-corrected chi connectivity index (χ4v) is 3.46. The summed E-state index contributed by atoms with van der Waals surface area (Å²) < 4.78 is 0. The van der Waals surface area contributed by atoms with Crippen molar-refractivity contribution >= 4 is 23.2 Å². The van der Waals surface area contributed by atoms with Crippen molar-refractivity contribution in [2.45, 2.75) is 44.6 Å². The molecule has 2 heterocycles. The van der Waals surface area contributed by atoms with E-state index in [-0.39, 0.29) is 18.7 Å².